The molecule has 90 valence electrons. The van der Waals surface area contributed by atoms with E-state index in [1.54, 1.807) is 0 Å². The van der Waals surface area contributed by atoms with Crippen LogP contribution in [0.25, 0.3) is 0 Å². The van der Waals surface area contributed by atoms with Crippen molar-refractivity contribution in [3.05, 3.63) is 11.8 Å². The van der Waals surface area contributed by atoms with E-state index in [1.165, 1.54) is 44.2 Å². The normalized spacial score (nSPS) is 15.7. The fraction of sp³-hybridized carbons (Fsp3) is 0.818. The van der Waals surface area contributed by atoms with Gasteiger partial charge in [0, 0.05) is 0 Å². The van der Waals surface area contributed by atoms with Gasteiger partial charge < -0.3 is 0 Å². The summed E-state index contributed by atoms with van der Waals surface area (Å²) in [5.74, 6) is 0. The van der Waals surface area contributed by atoms with E-state index < -0.39 is 6.34 Å². The molecule has 1 unspecified atom stereocenters. The molecule has 0 aliphatic carbocycles. The van der Waals surface area contributed by atoms with Crippen molar-refractivity contribution in [2.45, 2.75) is 58.3 Å². The molecule has 4 heteroatoms. The SMILES string of the molecule is CCCCCCCCCC=C[Si](F)(Cl)Br. The number of rotatable bonds is 9. The van der Waals surface area contributed by atoms with Crippen LogP contribution in [0.3, 0.4) is 0 Å². The Morgan fingerprint density at radius 3 is 2.20 bits per heavy atom. The highest BCUT2D eigenvalue weighted by Gasteiger charge is 2.22. The summed E-state index contributed by atoms with van der Waals surface area (Å²) in [6.07, 6.45) is 8.73. The molecule has 0 aromatic heterocycles. The van der Waals surface area contributed by atoms with Gasteiger partial charge in [-0.15, -0.1) is 11.1 Å². The lowest BCUT2D eigenvalue weighted by atomic mass is 10.1. The van der Waals surface area contributed by atoms with Gasteiger partial charge in [0.1, 0.15) is 0 Å². The molecule has 0 radical (unpaired) electrons. The van der Waals surface area contributed by atoms with Crippen molar-refractivity contribution in [3.63, 3.8) is 0 Å². The van der Waals surface area contributed by atoms with E-state index in [1.807, 2.05) is 6.08 Å². The first-order chi connectivity index (χ1) is 7.06. The third-order valence-corrected chi connectivity index (χ3v) is 4.07. The van der Waals surface area contributed by atoms with Gasteiger partial charge in [-0.3, -0.25) is 4.11 Å². The summed E-state index contributed by atoms with van der Waals surface area (Å²) in [5, 5.41) is 0. The largest absolute Gasteiger partial charge is 0.431 e. The van der Waals surface area contributed by atoms with Crippen LogP contribution in [-0.2, 0) is 0 Å². The van der Waals surface area contributed by atoms with E-state index in [0.717, 1.165) is 12.8 Å². The summed E-state index contributed by atoms with van der Waals surface area (Å²) in [6, 6.07) is 0. The lowest BCUT2D eigenvalue weighted by Crippen LogP contribution is -2.04. The molecule has 0 nitrogen and oxygen atoms in total. The average Bonchev–Trinajstić information content (AvgIpc) is 2.14. The van der Waals surface area contributed by atoms with E-state index >= 15 is 0 Å². The van der Waals surface area contributed by atoms with Crippen molar-refractivity contribution >= 4 is 32.7 Å². The maximum Gasteiger partial charge on any atom is 0.431 e. The molecule has 0 aromatic carbocycles. The molecule has 0 saturated heterocycles. The smallest absolute Gasteiger partial charge is 0.273 e. The maximum absolute atomic E-state index is 12.8. The van der Waals surface area contributed by atoms with Gasteiger partial charge in [-0.2, -0.15) is 0 Å². The second kappa shape index (κ2) is 9.85. The zero-order valence-electron chi connectivity index (χ0n) is 9.45. The molecule has 0 aliphatic heterocycles. The fourth-order valence-electron chi connectivity index (χ4n) is 1.44. The second-order valence-electron chi connectivity index (χ2n) is 3.85. The molecular weight excluding hydrogens is 295 g/mol. The molecule has 15 heavy (non-hydrogen) atoms. The number of hydrogen-bond donors (Lipinski definition) is 0. The molecular formula is C11H21BrClFSi. The maximum atomic E-state index is 12.8. The summed E-state index contributed by atoms with van der Waals surface area (Å²) < 4.78 is 12.8. The van der Waals surface area contributed by atoms with E-state index in [4.69, 9.17) is 11.1 Å². The quantitative estimate of drug-likeness (QED) is 0.288. The summed E-state index contributed by atoms with van der Waals surface area (Å²) in [4.78, 5) is 0. The Balaban J connectivity index is 3.15. The molecule has 0 amide bonds. The Morgan fingerprint density at radius 1 is 1.13 bits per heavy atom. The van der Waals surface area contributed by atoms with Crippen LogP contribution in [-0.4, -0.2) is 6.34 Å². The highest BCUT2D eigenvalue weighted by Crippen LogP contribution is 2.20. The van der Waals surface area contributed by atoms with Crippen molar-refractivity contribution in [2.75, 3.05) is 0 Å². The first kappa shape index (κ1) is 15.7. The van der Waals surface area contributed by atoms with Crippen LogP contribution in [0.15, 0.2) is 11.8 Å². The van der Waals surface area contributed by atoms with Crippen molar-refractivity contribution in [1.29, 1.82) is 0 Å². The standard InChI is InChI=1S/C11H21BrClFSi/c1-2-3-4-5-6-7-8-9-10-11-15(12,13)14/h10-11H,2-9H2,1H3. The minimum Gasteiger partial charge on any atom is -0.273 e. The molecule has 0 aromatic rings. The monoisotopic (exact) mass is 314 g/mol. The van der Waals surface area contributed by atoms with Crippen molar-refractivity contribution in [2.24, 2.45) is 0 Å². The molecule has 0 rings (SSSR count). The van der Waals surface area contributed by atoms with Gasteiger partial charge in [0.15, 0.2) is 0 Å². The third kappa shape index (κ3) is 14.7. The summed E-state index contributed by atoms with van der Waals surface area (Å²) in [6.45, 7) is 2.23. The Kier molecular flexibility index (Phi) is 10.3. The average molecular weight is 316 g/mol. The van der Waals surface area contributed by atoms with Gasteiger partial charge in [0.25, 0.3) is 0 Å². The third-order valence-electron chi connectivity index (χ3n) is 2.28. The summed E-state index contributed by atoms with van der Waals surface area (Å²) in [5.41, 5.74) is 1.49. The zero-order chi connectivity index (χ0) is 11.6. The van der Waals surface area contributed by atoms with Crippen LogP contribution in [0, 0.1) is 0 Å². The number of allylic oxidation sites excluding steroid dienone is 1. The minimum atomic E-state index is -3.14. The van der Waals surface area contributed by atoms with Gasteiger partial charge in [0.2, 0.25) is 0 Å². The highest BCUT2D eigenvalue weighted by atomic mass is 79.9. The number of halogens is 3. The van der Waals surface area contributed by atoms with Gasteiger partial charge >= 0.3 is 6.34 Å². The van der Waals surface area contributed by atoms with Crippen LogP contribution < -0.4 is 0 Å². The topological polar surface area (TPSA) is 0 Å². The van der Waals surface area contributed by atoms with E-state index in [0.29, 0.717) is 0 Å². The van der Waals surface area contributed by atoms with E-state index in [2.05, 4.69) is 22.2 Å². The van der Waals surface area contributed by atoms with Gasteiger partial charge in [0.05, 0.1) is 0 Å². The molecule has 0 saturated carbocycles. The van der Waals surface area contributed by atoms with Crippen molar-refractivity contribution in [1.82, 2.24) is 0 Å². The summed E-state index contributed by atoms with van der Waals surface area (Å²) >= 11 is 8.27. The Hall–Kier alpha value is 0.657. The van der Waals surface area contributed by atoms with Crippen LogP contribution in [0.1, 0.15) is 58.3 Å². The van der Waals surface area contributed by atoms with E-state index in [-0.39, 0.29) is 0 Å². The predicted molar refractivity (Wildman–Crippen MR) is 73.4 cm³/mol. The Morgan fingerprint density at radius 2 is 1.67 bits per heavy atom. The Labute approximate surface area is 107 Å². The molecule has 0 N–H and O–H groups in total. The van der Waals surface area contributed by atoms with Crippen LogP contribution >= 0.6 is 26.4 Å². The Bertz CT molecular complexity index is 168. The molecule has 1 atom stereocenters. The molecule has 0 spiro atoms. The van der Waals surface area contributed by atoms with Crippen LogP contribution in [0.4, 0.5) is 4.11 Å². The molecule has 0 fully saturated rings. The lowest BCUT2D eigenvalue weighted by Gasteiger charge is -2.00. The molecule has 0 heterocycles. The van der Waals surface area contributed by atoms with E-state index in [9.17, 15) is 4.11 Å². The highest BCUT2D eigenvalue weighted by molar-refractivity contribution is 9.27. The fourth-order valence-corrected chi connectivity index (χ4v) is 2.70. The summed E-state index contributed by atoms with van der Waals surface area (Å²) in [7, 11) is 0. The van der Waals surface area contributed by atoms with Gasteiger partial charge in [-0.05, 0) is 18.5 Å². The van der Waals surface area contributed by atoms with Crippen molar-refractivity contribution in [3.8, 4) is 0 Å². The molecule has 0 aliphatic rings. The lowest BCUT2D eigenvalue weighted by molar-refractivity contribution is 0.592. The zero-order valence-corrected chi connectivity index (χ0v) is 12.8. The first-order valence-corrected chi connectivity index (χ1v) is 11.0. The minimum absolute atomic E-state index is 0.949. The van der Waals surface area contributed by atoms with Gasteiger partial charge in [-0.25, -0.2) is 0 Å². The first-order valence-electron chi connectivity index (χ1n) is 5.80. The number of hydrogen-bond acceptors (Lipinski definition) is 0. The van der Waals surface area contributed by atoms with Crippen LogP contribution in [0.5, 0.6) is 0 Å². The van der Waals surface area contributed by atoms with Crippen LogP contribution in [0.2, 0.25) is 0 Å². The predicted octanol–water partition coefficient (Wildman–Crippen LogP) is 5.76. The second-order valence-corrected chi connectivity index (χ2v) is 11.8. The molecule has 0 bridgehead atoms. The van der Waals surface area contributed by atoms with Crippen molar-refractivity contribution < 1.29 is 4.11 Å². The number of unbranched alkanes of at least 4 members (excludes halogenated alkanes) is 7. The van der Waals surface area contributed by atoms with Gasteiger partial charge in [-0.1, -0.05) is 66.8 Å².